The summed E-state index contributed by atoms with van der Waals surface area (Å²) in [5.74, 6) is -0.671. The Kier molecular flexibility index (Phi) is 5.82. The molecule has 106 valence electrons. The van der Waals surface area contributed by atoms with Crippen LogP contribution in [0.3, 0.4) is 0 Å². The molecule has 1 aromatic rings. The van der Waals surface area contributed by atoms with Crippen LogP contribution in [-0.4, -0.2) is 31.3 Å². The van der Waals surface area contributed by atoms with Gasteiger partial charge in [-0.25, -0.2) is 0 Å². The minimum atomic E-state index is -4.36. The highest BCUT2D eigenvalue weighted by Crippen LogP contribution is 2.13. The standard InChI is InChI=1S/C13H16F3NO2/c1-2-19-12(18)11(17-9-13(14,15)16)8-10-6-4-3-5-7-10/h3-7,11,17H,2,8-9H2,1H3. The highest BCUT2D eigenvalue weighted by molar-refractivity contribution is 5.76. The smallest absolute Gasteiger partial charge is 0.401 e. The predicted octanol–water partition coefficient (Wildman–Crippen LogP) is 2.31. The number of hydrogen-bond donors (Lipinski definition) is 1. The molecule has 1 rings (SSSR count). The maximum Gasteiger partial charge on any atom is 0.401 e. The van der Waals surface area contributed by atoms with Crippen molar-refractivity contribution in [3.05, 3.63) is 35.9 Å². The van der Waals surface area contributed by atoms with Crippen molar-refractivity contribution in [3.63, 3.8) is 0 Å². The summed E-state index contributed by atoms with van der Waals surface area (Å²) >= 11 is 0. The van der Waals surface area contributed by atoms with E-state index in [1.54, 1.807) is 37.3 Å². The summed E-state index contributed by atoms with van der Waals surface area (Å²) in [4.78, 5) is 11.6. The van der Waals surface area contributed by atoms with Crippen LogP contribution in [0.25, 0.3) is 0 Å². The van der Waals surface area contributed by atoms with Crippen molar-refractivity contribution in [1.29, 1.82) is 0 Å². The topological polar surface area (TPSA) is 38.3 Å². The molecule has 1 unspecified atom stereocenters. The molecule has 1 atom stereocenters. The summed E-state index contributed by atoms with van der Waals surface area (Å²) in [7, 11) is 0. The molecule has 0 aliphatic carbocycles. The number of carbonyl (C=O) groups excluding carboxylic acids is 1. The van der Waals surface area contributed by atoms with Crippen LogP contribution in [0.5, 0.6) is 0 Å². The van der Waals surface area contributed by atoms with E-state index in [0.717, 1.165) is 5.56 Å². The lowest BCUT2D eigenvalue weighted by molar-refractivity contribution is -0.148. The minimum Gasteiger partial charge on any atom is -0.465 e. The zero-order chi connectivity index (χ0) is 14.3. The van der Waals surface area contributed by atoms with Crippen LogP contribution in [0.1, 0.15) is 12.5 Å². The van der Waals surface area contributed by atoms with Crippen molar-refractivity contribution >= 4 is 5.97 Å². The third-order valence-corrected chi connectivity index (χ3v) is 2.40. The van der Waals surface area contributed by atoms with Crippen LogP contribution in [0.2, 0.25) is 0 Å². The summed E-state index contributed by atoms with van der Waals surface area (Å²) in [6.45, 7) is 0.530. The molecule has 0 saturated carbocycles. The summed E-state index contributed by atoms with van der Waals surface area (Å²) in [5, 5.41) is 2.19. The van der Waals surface area contributed by atoms with Gasteiger partial charge in [0.1, 0.15) is 6.04 Å². The fraction of sp³-hybridized carbons (Fsp3) is 0.462. The normalized spacial score (nSPS) is 13.1. The molecule has 0 spiro atoms. The highest BCUT2D eigenvalue weighted by Gasteiger charge is 2.30. The van der Waals surface area contributed by atoms with Gasteiger partial charge in [-0.15, -0.1) is 0 Å². The SMILES string of the molecule is CCOC(=O)C(Cc1ccccc1)NCC(F)(F)F. The fourth-order valence-electron chi connectivity index (χ4n) is 1.57. The van der Waals surface area contributed by atoms with Gasteiger partial charge in [0.15, 0.2) is 0 Å². The van der Waals surface area contributed by atoms with Crippen LogP contribution >= 0.6 is 0 Å². The van der Waals surface area contributed by atoms with E-state index in [-0.39, 0.29) is 13.0 Å². The molecular weight excluding hydrogens is 259 g/mol. The maximum absolute atomic E-state index is 12.2. The van der Waals surface area contributed by atoms with Crippen LogP contribution in [-0.2, 0) is 16.0 Å². The molecular formula is C13H16F3NO2. The molecule has 0 aliphatic heterocycles. The van der Waals surface area contributed by atoms with E-state index in [0.29, 0.717) is 0 Å². The average molecular weight is 275 g/mol. The molecule has 1 N–H and O–H groups in total. The second-order valence-electron chi connectivity index (χ2n) is 3.99. The Morgan fingerprint density at radius 3 is 2.47 bits per heavy atom. The average Bonchev–Trinajstić information content (AvgIpc) is 2.35. The Balaban J connectivity index is 2.66. The first-order chi connectivity index (χ1) is 8.92. The van der Waals surface area contributed by atoms with Gasteiger partial charge in [0, 0.05) is 0 Å². The Labute approximate surface area is 109 Å². The van der Waals surface area contributed by atoms with Crippen LogP contribution in [0.4, 0.5) is 13.2 Å². The number of esters is 1. The van der Waals surface area contributed by atoms with Gasteiger partial charge in [0.05, 0.1) is 13.2 Å². The quantitative estimate of drug-likeness (QED) is 0.810. The minimum absolute atomic E-state index is 0.137. The lowest BCUT2D eigenvalue weighted by atomic mass is 10.1. The Bertz CT molecular complexity index is 393. The molecule has 3 nitrogen and oxygen atoms in total. The molecule has 0 saturated heterocycles. The van der Waals surface area contributed by atoms with Gasteiger partial charge in [-0.1, -0.05) is 30.3 Å². The summed E-state index contributed by atoms with van der Waals surface area (Å²) in [5.41, 5.74) is 0.773. The highest BCUT2D eigenvalue weighted by atomic mass is 19.4. The third kappa shape index (κ3) is 6.24. The third-order valence-electron chi connectivity index (χ3n) is 2.40. The van der Waals surface area contributed by atoms with Gasteiger partial charge in [0.25, 0.3) is 0 Å². The number of hydrogen-bond acceptors (Lipinski definition) is 3. The second-order valence-corrected chi connectivity index (χ2v) is 3.99. The number of alkyl halides is 3. The molecule has 0 amide bonds. The molecule has 1 aromatic carbocycles. The molecule has 0 heterocycles. The Morgan fingerprint density at radius 2 is 1.95 bits per heavy atom. The number of benzene rings is 1. The van der Waals surface area contributed by atoms with Gasteiger partial charge in [0.2, 0.25) is 0 Å². The van der Waals surface area contributed by atoms with Crippen LogP contribution in [0, 0.1) is 0 Å². The zero-order valence-electron chi connectivity index (χ0n) is 10.5. The van der Waals surface area contributed by atoms with Gasteiger partial charge < -0.3 is 4.74 Å². The lowest BCUT2D eigenvalue weighted by Crippen LogP contribution is -2.44. The zero-order valence-corrected chi connectivity index (χ0v) is 10.5. The molecule has 0 fully saturated rings. The van der Waals surface area contributed by atoms with Crippen molar-refractivity contribution in [3.8, 4) is 0 Å². The van der Waals surface area contributed by atoms with E-state index in [9.17, 15) is 18.0 Å². The molecule has 19 heavy (non-hydrogen) atoms. The molecule has 0 aromatic heterocycles. The number of rotatable bonds is 6. The van der Waals surface area contributed by atoms with Crippen molar-refractivity contribution in [1.82, 2.24) is 5.32 Å². The molecule has 0 aliphatic rings. The Morgan fingerprint density at radius 1 is 1.32 bits per heavy atom. The number of carbonyl (C=O) groups is 1. The van der Waals surface area contributed by atoms with E-state index >= 15 is 0 Å². The summed E-state index contributed by atoms with van der Waals surface area (Å²) < 4.78 is 41.3. The predicted molar refractivity (Wildman–Crippen MR) is 64.6 cm³/mol. The van der Waals surface area contributed by atoms with Crippen LogP contribution in [0.15, 0.2) is 30.3 Å². The van der Waals surface area contributed by atoms with E-state index in [1.165, 1.54) is 0 Å². The maximum atomic E-state index is 12.2. The van der Waals surface area contributed by atoms with E-state index in [2.05, 4.69) is 5.32 Å². The Hall–Kier alpha value is -1.56. The first-order valence-electron chi connectivity index (χ1n) is 5.93. The molecule has 6 heteroatoms. The number of nitrogens with one attached hydrogen (secondary N) is 1. The van der Waals surface area contributed by atoms with E-state index in [4.69, 9.17) is 4.74 Å². The van der Waals surface area contributed by atoms with Crippen molar-refractivity contribution in [2.24, 2.45) is 0 Å². The monoisotopic (exact) mass is 275 g/mol. The lowest BCUT2D eigenvalue weighted by Gasteiger charge is -2.18. The first-order valence-corrected chi connectivity index (χ1v) is 5.93. The summed E-state index contributed by atoms with van der Waals surface area (Å²) in [6.07, 6.45) is -4.20. The number of halogens is 3. The van der Waals surface area contributed by atoms with Gasteiger partial charge in [-0.3, -0.25) is 10.1 Å². The molecule has 0 bridgehead atoms. The van der Waals surface area contributed by atoms with Crippen molar-refractivity contribution < 1.29 is 22.7 Å². The fourth-order valence-corrected chi connectivity index (χ4v) is 1.57. The summed E-state index contributed by atoms with van der Waals surface area (Å²) in [6, 6.07) is 7.83. The van der Waals surface area contributed by atoms with Crippen molar-refractivity contribution in [2.75, 3.05) is 13.2 Å². The van der Waals surface area contributed by atoms with Gasteiger partial charge >= 0.3 is 12.1 Å². The largest absolute Gasteiger partial charge is 0.465 e. The number of ether oxygens (including phenoxy) is 1. The molecule has 0 radical (unpaired) electrons. The van der Waals surface area contributed by atoms with Crippen molar-refractivity contribution in [2.45, 2.75) is 25.6 Å². The van der Waals surface area contributed by atoms with Gasteiger partial charge in [-0.2, -0.15) is 13.2 Å². The van der Waals surface area contributed by atoms with Crippen LogP contribution < -0.4 is 5.32 Å². The first kappa shape index (κ1) is 15.5. The van der Waals surface area contributed by atoms with Gasteiger partial charge in [-0.05, 0) is 18.9 Å². The van der Waals surface area contributed by atoms with E-state index in [1.807, 2.05) is 0 Å². The van der Waals surface area contributed by atoms with E-state index < -0.39 is 24.7 Å². The second kappa shape index (κ2) is 7.13.